The van der Waals surface area contributed by atoms with E-state index in [1.54, 1.807) is 18.7 Å². The van der Waals surface area contributed by atoms with Crippen LogP contribution in [0.3, 0.4) is 0 Å². The van der Waals surface area contributed by atoms with Crippen LogP contribution in [0.5, 0.6) is 0 Å². The lowest BCUT2D eigenvalue weighted by atomic mass is 10.2. The fraction of sp³-hybridized carbons (Fsp3) is 0.500. The highest BCUT2D eigenvalue weighted by molar-refractivity contribution is 7.98. The van der Waals surface area contributed by atoms with Gasteiger partial charge in [-0.3, -0.25) is 0 Å². The first-order valence-electron chi connectivity index (χ1n) is 5.98. The van der Waals surface area contributed by atoms with Gasteiger partial charge in [-0.2, -0.15) is 11.8 Å². The summed E-state index contributed by atoms with van der Waals surface area (Å²) in [5, 5.41) is 0. The first kappa shape index (κ1) is 17.5. The Kier molecular flexibility index (Phi) is 6.06. The van der Waals surface area contributed by atoms with Crippen LogP contribution < -0.4 is 4.72 Å². The molecule has 20 heavy (non-hydrogen) atoms. The van der Waals surface area contributed by atoms with E-state index in [1.807, 2.05) is 6.26 Å². The molecule has 0 bridgehead atoms. The van der Waals surface area contributed by atoms with Crippen LogP contribution in [0, 0.1) is 6.92 Å². The van der Waals surface area contributed by atoms with Crippen LogP contribution in [0.1, 0.15) is 12.0 Å². The molecule has 0 saturated carbocycles. The molecule has 0 unspecified atom stereocenters. The van der Waals surface area contributed by atoms with Crippen LogP contribution in [0.2, 0.25) is 0 Å². The average Bonchev–Trinajstić information content (AvgIpc) is 2.33. The van der Waals surface area contributed by atoms with Crippen LogP contribution in [0.15, 0.2) is 28.0 Å². The number of hydrogen-bond acceptors (Lipinski definition) is 5. The number of rotatable bonds is 7. The number of benzene rings is 1. The third-order valence-electron chi connectivity index (χ3n) is 2.69. The van der Waals surface area contributed by atoms with Crippen molar-refractivity contribution in [2.45, 2.75) is 23.1 Å². The molecule has 0 aliphatic heterocycles. The number of nitrogens with one attached hydrogen (secondary N) is 1. The Hall–Kier alpha value is -0.570. The molecule has 0 aromatic heterocycles. The highest BCUT2D eigenvalue weighted by atomic mass is 32.2. The predicted octanol–water partition coefficient (Wildman–Crippen LogP) is 1.43. The van der Waals surface area contributed by atoms with E-state index in [-0.39, 0.29) is 9.79 Å². The molecule has 1 rings (SSSR count). The Morgan fingerprint density at radius 1 is 1.20 bits per heavy atom. The van der Waals surface area contributed by atoms with Gasteiger partial charge in [0.1, 0.15) is 0 Å². The first-order valence-corrected chi connectivity index (χ1v) is 10.7. The summed E-state index contributed by atoms with van der Waals surface area (Å²) in [6.45, 7) is 1.98. The number of hydrogen-bond donors (Lipinski definition) is 1. The minimum Gasteiger partial charge on any atom is -0.224 e. The summed E-state index contributed by atoms with van der Waals surface area (Å²) in [6.07, 6.45) is 3.74. The van der Waals surface area contributed by atoms with Crippen LogP contribution in [-0.4, -0.2) is 41.6 Å². The number of thioether (sulfide) groups is 1. The van der Waals surface area contributed by atoms with E-state index in [1.165, 1.54) is 18.2 Å². The van der Waals surface area contributed by atoms with E-state index in [4.69, 9.17) is 0 Å². The lowest BCUT2D eigenvalue weighted by molar-refractivity contribution is 0.580. The fourth-order valence-corrected chi connectivity index (χ4v) is 4.10. The van der Waals surface area contributed by atoms with Gasteiger partial charge in [-0.25, -0.2) is 21.6 Å². The van der Waals surface area contributed by atoms with Gasteiger partial charge in [-0.15, -0.1) is 0 Å². The van der Waals surface area contributed by atoms with Gasteiger partial charge in [0.2, 0.25) is 10.0 Å². The van der Waals surface area contributed by atoms with E-state index in [0.29, 0.717) is 12.1 Å². The predicted molar refractivity (Wildman–Crippen MR) is 82.5 cm³/mol. The van der Waals surface area contributed by atoms with Gasteiger partial charge < -0.3 is 0 Å². The standard InChI is InChI=1S/C12H19NO4S3/c1-10-5-6-11(19(3,14)15)9-12(10)20(16,17)13-7-4-8-18-2/h5-6,9,13H,4,7-8H2,1-3H3. The van der Waals surface area contributed by atoms with Crippen LogP contribution in [0.4, 0.5) is 0 Å². The van der Waals surface area contributed by atoms with Gasteiger partial charge in [-0.05, 0) is 43.0 Å². The summed E-state index contributed by atoms with van der Waals surface area (Å²) >= 11 is 1.64. The largest absolute Gasteiger partial charge is 0.240 e. The zero-order chi connectivity index (χ0) is 15.4. The molecule has 0 spiro atoms. The highest BCUT2D eigenvalue weighted by Gasteiger charge is 2.19. The molecule has 0 atom stereocenters. The van der Waals surface area contributed by atoms with Crippen LogP contribution in [0.25, 0.3) is 0 Å². The van der Waals surface area contributed by atoms with E-state index in [2.05, 4.69) is 4.72 Å². The van der Waals surface area contributed by atoms with E-state index >= 15 is 0 Å². The smallest absolute Gasteiger partial charge is 0.224 e. The van der Waals surface area contributed by atoms with E-state index < -0.39 is 19.9 Å². The molecule has 5 nitrogen and oxygen atoms in total. The van der Waals surface area contributed by atoms with Crippen LogP contribution in [-0.2, 0) is 19.9 Å². The second-order valence-corrected chi connectivity index (χ2v) is 9.18. The summed E-state index contributed by atoms with van der Waals surface area (Å²) < 4.78 is 49.9. The number of aryl methyl sites for hydroxylation is 1. The third-order valence-corrected chi connectivity index (χ3v) is 6.10. The summed E-state index contributed by atoms with van der Waals surface area (Å²) in [4.78, 5) is 0.0252. The van der Waals surface area contributed by atoms with Gasteiger partial charge in [0.15, 0.2) is 9.84 Å². The average molecular weight is 337 g/mol. The number of sulfone groups is 1. The van der Waals surface area contributed by atoms with E-state index in [9.17, 15) is 16.8 Å². The minimum absolute atomic E-state index is 0.00703. The van der Waals surface area contributed by atoms with Crippen molar-refractivity contribution >= 4 is 31.6 Å². The Balaban J connectivity index is 3.05. The van der Waals surface area contributed by atoms with Gasteiger partial charge >= 0.3 is 0 Å². The van der Waals surface area contributed by atoms with Crippen molar-refractivity contribution < 1.29 is 16.8 Å². The van der Waals surface area contributed by atoms with Gasteiger partial charge in [0.05, 0.1) is 9.79 Å². The summed E-state index contributed by atoms with van der Waals surface area (Å²) in [5.74, 6) is 0.866. The molecule has 1 N–H and O–H groups in total. The molecule has 0 fully saturated rings. The zero-order valence-corrected chi connectivity index (χ0v) is 14.2. The Bertz CT molecular complexity index is 666. The maximum absolute atomic E-state index is 12.2. The van der Waals surface area contributed by atoms with Crippen molar-refractivity contribution in [3.05, 3.63) is 23.8 Å². The lowest BCUT2D eigenvalue weighted by Crippen LogP contribution is -2.26. The van der Waals surface area contributed by atoms with Crippen molar-refractivity contribution in [3.8, 4) is 0 Å². The van der Waals surface area contributed by atoms with Crippen LogP contribution >= 0.6 is 11.8 Å². The maximum Gasteiger partial charge on any atom is 0.240 e. The monoisotopic (exact) mass is 337 g/mol. The second kappa shape index (κ2) is 6.93. The molecule has 0 aliphatic rings. The molecular weight excluding hydrogens is 318 g/mol. The minimum atomic E-state index is -3.68. The molecule has 0 amide bonds. The van der Waals surface area contributed by atoms with Crippen molar-refractivity contribution in [3.63, 3.8) is 0 Å². The molecule has 1 aromatic rings. The van der Waals surface area contributed by atoms with Crippen molar-refractivity contribution in [2.75, 3.05) is 24.8 Å². The highest BCUT2D eigenvalue weighted by Crippen LogP contribution is 2.20. The lowest BCUT2D eigenvalue weighted by Gasteiger charge is -2.10. The molecule has 0 heterocycles. The Morgan fingerprint density at radius 2 is 1.85 bits per heavy atom. The Morgan fingerprint density at radius 3 is 2.40 bits per heavy atom. The number of sulfonamides is 1. The first-order chi connectivity index (χ1) is 9.18. The zero-order valence-electron chi connectivity index (χ0n) is 11.7. The molecular formula is C12H19NO4S3. The SMILES string of the molecule is CSCCCNS(=O)(=O)c1cc(S(C)(=O)=O)ccc1C. The van der Waals surface area contributed by atoms with Crippen molar-refractivity contribution in [1.82, 2.24) is 4.72 Å². The van der Waals surface area contributed by atoms with Gasteiger partial charge in [0.25, 0.3) is 0 Å². The molecule has 0 aliphatic carbocycles. The molecule has 0 radical (unpaired) electrons. The van der Waals surface area contributed by atoms with Crippen molar-refractivity contribution in [1.29, 1.82) is 0 Å². The second-order valence-electron chi connectivity index (χ2n) is 4.44. The molecule has 0 saturated heterocycles. The Labute approximate surface area is 125 Å². The van der Waals surface area contributed by atoms with E-state index in [0.717, 1.165) is 18.4 Å². The quantitative estimate of drug-likeness (QED) is 0.761. The summed E-state index contributed by atoms with van der Waals surface area (Å²) in [6, 6.07) is 4.13. The maximum atomic E-state index is 12.2. The molecule has 8 heteroatoms. The van der Waals surface area contributed by atoms with Gasteiger partial charge in [-0.1, -0.05) is 6.07 Å². The molecule has 114 valence electrons. The summed E-state index contributed by atoms with van der Waals surface area (Å²) in [5.41, 5.74) is 0.523. The van der Waals surface area contributed by atoms with Gasteiger partial charge in [0, 0.05) is 12.8 Å². The topological polar surface area (TPSA) is 80.3 Å². The van der Waals surface area contributed by atoms with Crippen molar-refractivity contribution in [2.24, 2.45) is 0 Å². The third kappa shape index (κ3) is 4.76. The summed E-state index contributed by atoms with van der Waals surface area (Å²) in [7, 11) is -7.10. The molecule has 1 aromatic carbocycles. The fourth-order valence-electron chi connectivity index (χ4n) is 1.60. The normalized spacial score (nSPS) is 12.6.